The van der Waals surface area contributed by atoms with Crippen LogP contribution in [0.3, 0.4) is 0 Å². The van der Waals surface area contributed by atoms with Crippen LogP contribution in [0.4, 0.5) is 0 Å². The smallest absolute Gasteiger partial charge is 0.322 e. The first kappa shape index (κ1) is 15.6. The van der Waals surface area contributed by atoms with E-state index in [-0.39, 0.29) is 12.6 Å². The number of benzene rings is 1. The molecule has 0 amide bonds. The van der Waals surface area contributed by atoms with Crippen molar-refractivity contribution in [1.29, 1.82) is 0 Å². The fourth-order valence-corrected chi connectivity index (χ4v) is 1.78. The van der Waals surface area contributed by atoms with Crippen LogP contribution in [0.1, 0.15) is 12.5 Å². The molecule has 1 atom stereocenters. The number of allylic oxidation sites excluding steroid dienone is 1. The van der Waals surface area contributed by atoms with Gasteiger partial charge in [-0.25, -0.2) is 0 Å². The molecule has 0 saturated heterocycles. The summed E-state index contributed by atoms with van der Waals surface area (Å²) in [6, 6.07) is 5.60. The van der Waals surface area contributed by atoms with Gasteiger partial charge in [-0.15, -0.1) is 0 Å². The number of carbonyl (C=O) groups is 1. The Bertz CT molecular complexity index is 457. The predicted octanol–water partition coefficient (Wildman–Crippen LogP) is 3.04. The lowest BCUT2D eigenvalue weighted by Crippen LogP contribution is -2.23. The van der Waals surface area contributed by atoms with Gasteiger partial charge in [-0.3, -0.25) is 4.79 Å². The number of halogens is 1. The molecule has 5 heteroatoms. The van der Waals surface area contributed by atoms with Crippen LogP contribution >= 0.6 is 15.9 Å². The van der Waals surface area contributed by atoms with Crippen LogP contribution < -0.4 is 9.47 Å². The average Bonchev–Trinajstić information content (AvgIpc) is 2.44. The summed E-state index contributed by atoms with van der Waals surface area (Å²) in [6.45, 7) is 2.12. The Morgan fingerprint density at radius 3 is 2.68 bits per heavy atom. The van der Waals surface area contributed by atoms with Gasteiger partial charge in [0.2, 0.25) is 0 Å². The number of esters is 1. The van der Waals surface area contributed by atoms with Gasteiger partial charge < -0.3 is 14.2 Å². The van der Waals surface area contributed by atoms with Crippen LogP contribution in [0.15, 0.2) is 24.3 Å². The number of hydrogen-bond donors (Lipinski definition) is 0. The second kappa shape index (κ2) is 7.84. The van der Waals surface area contributed by atoms with Crippen molar-refractivity contribution in [2.45, 2.75) is 11.8 Å². The van der Waals surface area contributed by atoms with Gasteiger partial charge in [0, 0.05) is 0 Å². The van der Waals surface area contributed by atoms with Crippen molar-refractivity contribution in [3.63, 3.8) is 0 Å². The number of carbonyl (C=O) groups excluding carboxylic acids is 1. The molecule has 19 heavy (non-hydrogen) atoms. The zero-order valence-electron chi connectivity index (χ0n) is 11.2. The fourth-order valence-electron chi connectivity index (χ4n) is 1.46. The van der Waals surface area contributed by atoms with Gasteiger partial charge in [0.05, 0.1) is 14.2 Å². The summed E-state index contributed by atoms with van der Waals surface area (Å²) in [5, 5.41) is 0. The van der Waals surface area contributed by atoms with Gasteiger partial charge in [-0.1, -0.05) is 34.1 Å². The Morgan fingerprint density at radius 1 is 1.37 bits per heavy atom. The van der Waals surface area contributed by atoms with Crippen LogP contribution in [0.25, 0.3) is 6.08 Å². The maximum atomic E-state index is 11.2. The summed E-state index contributed by atoms with van der Waals surface area (Å²) in [4.78, 5) is 10.7. The molecule has 0 spiro atoms. The summed E-state index contributed by atoms with van der Waals surface area (Å²) in [6.07, 6.45) is 3.91. The molecule has 0 aliphatic rings. The highest BCUT2D eigenvalue weighted by Crippen LogP contribution is 2.29. The van der Waals surface area contributed by atoms with E-state index < -0.39 is 4.83 Å². The van der Waals surface area contributed by atoms with Crippen molar-refractivity contribution in [3.8, 4) is 11.5 Å². The molecule has 0 aliphatic carbocycles. The number of rotatable bonds is 6. The van der Waals surface area contributed by atoms with Crippen molar-refractivity contribution in [1.82, 2.24) is 0 Å². The van der Waals surface area contributed by atoms with E-state index in [1.165, 1.54) is 7.11 Å². The first-order valence-electron chi connectivity index (χ1n) is 5.77. The first-order valence-corrected chi connectivity index (χ1v) is 6.69. The van der Waals surface area contributed by atoms with Gasteiger partial charge in [-0.2, -0.15) is 0 Å². The van der Waals surface area contributed by atoms with Gasteiger partial charge >= 0.3 is 5.97 Å². The quantitative estimate of drug-likeness (QED) is 0.594. The minimum Gasteiger partial charge on any atom is -0.493 e. The van der Waals surface area contributed by atoms with Gasteiger partial charge in [0.1, 0.15) is 11.4 Å². The maximum absolute atomic E-state index is 11.2. The van der Waals surface area contributed by atoms with Gasteiger partial charge in [0.25, 0.3) is 0 Å². The second-order valence-electron chi connectivity index (χ2n) is 3.71. The molecule has 1 unspecified atom stereocenters. The Morgan fingerprint density at radius 2 is 2.11 bits per heavy atom. The number of methoxy groups -OCH3 is 2. The molecule has 0 radical (unpaired) electrons. The zero-order valence-corrected chi connectivity index (χ0v) is 12.8. The van der Waals surface area contributed by atoms with Crippen LogP contribution in [-0.2, 0) is 9.53 Å². The highest BCUT2D eigenvalue weighted by atomic mass is 79.9. The summed E-state index contributed by atoms with van der Waals surface area (Å²) in [7, 11) is 2.91. The van der Waals surface area contributed by atoms with Crippen molar-refractivity contribution < 1.29 is 19.0 Å². The SMILES string of the molecule is C/C=C/c1ccc(OCC(Br)C(=O)OC)c(OC)c1. The third-order valence-electron chi connectivity index (χ3n) is 2.39. The van der Waals surface area contributed by atoms with Gasteiger partial charge in [-0.05, 0) is 24.6 Å². The lowest BCUT2D eigenvalue weighted by atomic mass is 10.2. The topological polar surface area (TPSA) is 44.8 Å². The third kappa shape index (κ3) is 4.59. The van der Waals surface area contributed by atoms with Crippen molar-refractivity contribution in [3.05, 3.63) is 29.8 Å². The Kier molecular flexibility index (Phi) is 6.42. The van der Waals surface area contributed by atoms with E-state index in [0.29, 0.717) is 11.5 Å². The van der Waals surface area contributed by atoms with Crippen molar-refractivity contribution >= 4 is 28.0 Å². The number of alkyl halides is 1. The van der Waals surface area contributed by atoms with E-state index >= 15 is 0 Å². The Hall–Kier alpha value is -1.49. The lowest BCUT2D eigenvalue weighted by molar-refractivity contribution is -0.140. The predicted molar refractivity (Wildman–Crippen MR) is 77.9 cm³/mol. The normalized spacial score (nSPS) is 12.2. The molecule has 1 aromatic carbocycles. The minimum absolute atomic E-state index is 0.173. The van der Waals surface area contributed by atoms with Crippen molar-refractivity contribution in [2.75, 3.05) is 20.8 Å². The molecule has 0 saturated carbocycles. The van der Waals surface area contributed by atoms with E-state index in [0.717, 1.165) is 5.56 Å². The van der Waals surface area contributed by atoms with E-state index in [1.807, 2.05) is 37.3 Å². The fraction of sp³-hybridized carbons (Fsp3) is 0.357. The van der Waals surface area contributed by atoms with Crippen LogP contribution in [0.2, 0.25) is 0 Å². The summed E-state index contributed by atoms with van der Waals surface area (Å²) in [5.74, 6) is 0.841. The summed E-state index contributed by atoms with van der Waals surface area (Å²) in [5.41, 5.74) is 1.02. The molecule has 0 N–H and O–H groups in total. The molecule has 0 aliphatic heterocycles. The molecular formula is C14H17BrO4. The molecule has 1 rings (SSSR count). The molecule has 104 valence electrons. The highest BCUT2D eigenvalue weighted by Gasteiger charge is 2.17. The maximum Gasteiger partial charge on any atom is 0.322 e. The van der Waals surface area contributed by atoms with E-state index in [2.05, 4.69) is 20.7 Å². The molecule has 1 aromatic rings. The van der Waals surface area contributed by atoms with Crippen molar-refractivity contribution in [2.24, 2.45) is 0 Å². The second-order valence-corrected chi connectivity index (χ2v) is 4.82. The summed E-state index contributed by atoms with van der Waals surface area (Å²) < 4.78 is 15.4. The molecular weight excluding hydrogens is 312 g/mol. The standard InChI is InChI=1S/C14H17BrO4/c1-4-5-10-6-7-12(13(8-10)17-2)19-9-11(15)14(16)18-3/h4-8,11H,9H2,1-3H3/b5-4+. The molecule has 0 aromatic heterocycles. The Balaban J connectivity index is 2.75. The average molecular weight is 329 g/mol. The first-order chi connectivity index (χ1) is 9.12. The lowest BCUT2D eigenvalue weighted by Gasteiger charge is -2.13. The summed E-state index contributed by atoms with van der Waals surface area (Å²) >= 11 is 3.20. The Labute approximate surface area is 121 Å². The molecule has 0 fully saturated rings. The molecule has 0 bridgehead atoms. The highest BCUT2D eigenvalue weighted by molar-refractivity contribution is 9.10. The zero-order chi connectivity index (χ0) is 14.3. The number of hydrogen-bond acceptors (Lipinski definition) is 4. The molecule has 0 heterocycles. The largest absolute Gasteiger partial charge is 0.493 e. The molecule has 4 nitrogen and oxygen atoms in total. The van der Waals surface area contributed by atoms with Crippen LogP contribution in [0, 0.1) is 0 Å². The van der Waals surface area contributed by atoms with E-state index in [9.17, 15) is 4.79 Å². The third-order valence-corrected chi connectivity index (χ3v) is 3.03. The minimum atomic E-state index is -0.502. The number of ether oxygens (including phenoxy) is 3. The van der Waals surface area contributed by atoms with E-state index in [1.54, 1.807) is 7.11 Å². The van der Waals surface area contributed by atoms with E-state index in [4.69, 9.17) is 9.47 Å². The van der Waals surface area contributed by atoms with Crippen LogP contribution in [0.5, 0.6) is 11.5 Å². The van der Waals surface area contributed by atoms with Crippen LogP contribution in [-0.4, -0.2) is 31.6 Å². The van der Waals surface area contributed by atoms with Gasteiger partial charge in [0.15, 0.2) is 11.5 Å². The monoisotopic (exact) mass is 328 g/mol.